The molecule has 160 valence electrons. The number of piperazine rings is 1. The maximum atomic E-state index is 11.6. The van der Waals surface area contributed by atoms with E-state index in [2.05, 4.69) is 39.6 Å². The molecule has 0 saturated carbocycles. The van der Waals surface area contributed by atoms with E-state index in [1.807, 2.05) is 12.1 Å². The van der Waals surface area contributed by atoms with Crippen LogP contribution in [0.5, 0.6) is 0 Å². The van der Waals surface area contributed by atoms with E-state index >= 15 is 0 Å². The molecule has 0 aliphatic carbocycles. The summed E-state index contributed by atoms with van der Waals surface area (Å²) >= 11 is 1.79. The van der Waals surface area contributed by atoms with Crippen LogP contribution in [0.2, 0.25) is 0 Å². The van der Waals surface area contributed by atoms with Crippen molar-refractivity contribution in [1.29, 1.82) is 0 Å². The second kappa shape index (κ2) is 11.2. The van der Waals surface area contributed by atoms with E-state index in [4.69, 9.17) is 4.99 Å². The van der Waals surface area contributed by atoms with Gasteiger partial charge in [-0.15, -0.1) is 35.3 Å². The predicted octanol–water partition coefficient (Wildman–Crippen LogP) is 3.10. The van der Waals surface area contributed by atoms with Crippen molar-refractivity contribution >= 4 is 56.1 Å². The summed E-state index contributed by atoms with van der Waals surface area (Å²) in [5.41, 5.74) is 1.09. The summed E-state index contributed by atoms with van der Waals surface area (Å²) in [6.07, 6.45) is 2.02. The molecule has 0 bridgehead atoms. The normalized spacial score (nSPS) is 15.2. The Labute approximate surface area is 195 Å². The van der Waals surface area contributed by atoms with E-state index in [0.29, 0.717) is 11.4 Å². The Morgan fingerprint density at radius 2 is 1.83 bits per heavy atom. The van der Waals surface area contributed by atoms with Crippen molar-refractivity contribution in [3.63, 3.8) is 0 Å². The fraction of sp³-hybridized carbons (Fsp3) is 0.450. The standard InChI is InChI=1S/C20H28N4O2S2.HI/c1-3-21-20(24-14-12-23(13-15-24)19-5-4-16-27-19)22-11-10-17-6-8-18(9-7-17)28(2,25)26;/h4-9,16H,3,10-15H2,1-2H3,(H,21,22);1H. The van der Waals surface area contributed by atoms with E-state index in [-0.39, 0.29) is 24.0 Å². The van der Waals surface area contributed by atoms with Crippen LogP contribution in [0.3, 0.4) is 0 Å². The van der Waals surface area contributed by atoms with Crippen molar-refractivity contribution in [3.05, 3.63) is 47.3 Å². The number of aliphatic imine (C=N–C) groups is 1. The molecule has 1 aliphatic heterocycles. The number of nitrogens with one attached hydrogen (secondary N) is 1. The Morgan fingerprint density at radius 3 is 2.38 bits per heavy atom. The molecule has 1 aromatic heterocycles. The average molecular weight is 549 g/mol. The number of hydrogen-bond donors (Lipinski definition) is 1. The van der Waals surface area contributed by atoms with Crippen LogP contribution in [-0.2, 0) is 16.3 Å². The molecule has 1 fully saturated rings. The van der Waals surface area contributed by atoms with Gasteiger partial charge >= 0.3 is 0 Å². The van der Waals surface area contributed by atoms with Crippen LogP contribution in [0.15, 0.2) is 51.7 Å². The molecule has 9 heteroatoms. The molecule has 1 N–H and O–H groups in total. The predicted molar refractivity (Wildman–Crippen MR) is 133 cm³/mol. The zero-order valence-electron chi connectivity index (χ0n) is 16.9. The van der Waals surface area contributed by atoms with Crippen LogP contribution in [0.4, 0.5) is 5.00 Å². The van der Waals surface area contributed by atoms with Crippen LogP contribution in [0.1, 0.15) is 12.5 Å². The second-order valence-corrected chi connectivity index (χ2v) is 9.77. The Morgan fingerprint density at radius 1 is 1.14 bits per heavy atom. The summed E-state index contributed by atoms with van der Waals surface area (Å²) in [4.78, 5) is 9.89. The highest BCUT2D eigenvalue weighted by Gasteiger charge is 2.20. The van der Waals surface area contributed by atoms with Crippen molar-refractivity contribution in [2.24, 2.45) is 4.99 Å². The van der Waals surface area contributed by atoms with Gasteiger partial charge in [0.25, 0.3) is 0 Å². The molecular weight excluding hydrogens is 519 g/mol. The number of halogens is 1. The van der Waals surface area contributed by atoms with E-state index in [1.54, 1.807) is 23.5 Å². The van der Waals surface area contributed by atoms with Crippen LogP contribution in [-0.4, -0.2) is 64.8 Å². The van der Waals surface area contributed by atoms with Crippen molar-refractivity contribution in [3.8, 4) is 0 Å². The summed E-state index contributed by atoms with van der Waals surface area (Å²) in [6, 6.07) is 11.4. The minimum absolute atomic E-state index is 0. The minimum Gasteiger partial charge on any atom is -0.360 e. The van der Waals surface area contributed by atoms with Gasteiger partial charge in [-0.25, -0.2) is 8.42 Å². The molecule has 0 atom stereocenters. The molecule has 1 aromatic carbocycles. The minimum atomic E-state index is -3.14. The number of nitrogens with zero attached hydrogens (tertiary/aromatic N) is 3. The number of rotatable bonds is 6. The topological polar surface area (TPSA) is 65.0 Å². The largest absolute Gasteiger partial charge is 0.360 e. The van der Waals surface area contributed by atoms with Crippen molar-refractivity contribution in [1.82, 2.24) is 10.2 Å². The van der Waals surface area contributed by atoms with E-state index in [0.717, 1.165) is 50.7 Å². The van der Waals surface area contributed by atoms with E-state index in [9.17, 15) is 8.42 Å². The molecule has 29 heavy (non-hydrogen) atoms. The molecule has 0 unspecified atom stereocenters. The van der Waals surface area contributed by atoms with Gasteiger partial charge in [0, 0.05) is 45.5 Å². The third-order valence-electron chi connectivity index (χ3n) is 4.75. The molecule has 2 aromatic rings. The van der Waals surface area contributed by atoms with Crippen LogP contribution >= 0.6 is 35.3 Å². The lowest BCUT2D eigenvalue weighted by Crippen LogP contribution is -2.52. The lowest BCUT2D eigenvalue weighted by atomic mass is 10.1. The highest BCUT2D eigenvalue weighted by atomic mass is 127. The lowest BCUT2D eigenvalue weighted by molar-refractivity contribution is 0.373. The Kier molecular flexibility index (Phi) is 9.22. The molecule has 1 saturated heterocycles. The van der Waals surface area contributed by atoms with Crippen LogP contribution in [0, 0.1) is 0 Å². The van der Waals surface area contributed by atoms with E-state index < -0.39 is 9.84 Å². The van der Waals surface area contributed by atoms with Gasteiger partial charge in [0.1, 0.15) is 0 Å². The number of guanidine groups is 1. The molecule has 0 amide bonds. The van der Waals surface area contributed by atoms with Crippen molar-refractivity contribution in [2.45, 2.75) is 18.2 Å². The Bertz CT molecular complexity index is 876. The summed E-state index contributed by atoms with van der Waals surface area (Å²) in [5, 5.41) is 6.85. The molecule has 6 nitrogen and oxygen atoms in total. The van der Waals surface area contributed by atoms with Gasteiger partial charge in [0.2, 0.25) is 0 Å². The quantitative estimate of drug-likeness (QED) is 0.342. The maximum absolute atomic E-state index is 11.6. The Balaban J connectivity index is 0.00000300. The van der Waals surface area contributed by atoms with Crippen molar-refractivity contribution < 1.29 is 8.42 Å². The summed E-state index contributed by atoms with van der Waals surface area (Å²) in [7, 11) is -3.14. The third-order valence-corrected chi connectivity index (χ3v) is 6.80. The van der Waals surface area contributed by atoms with Gasteiger partial charge in [-0.05, 0) is 48.6 Å². The van der Waals surface area contributed by atoms with Gasteiger partial charge in [-0.3, -0.25) is 4.99 Å². The maximum Gasteiger partial charge on any atom is 0.194 e. The highest BCUT2D eigenvalue weighted by Crippen LogP contribution is 2.22. The zero-order chi connectivity index (χ0) is 20.0. The first kappa shape index (κ1) is 23.9. The smallest absolute Gasteiger partial charge is 0.194 e. The van der Waals surface area contributed by atoms with Gasteiger partial charge < -0.3 is 15.1 Å². The first-order valence-corrected chi connectivity index (χ1v) is 12.3. The third kappa shape index (κ3) is 6.85. The van der Waals surface area contributed by atoms with Crippen LogP contribution < -0.4 is 10.2 Å². The molecule has 0 radical (unpaired) electrons. The zero-order valence-corrected chi connectivity index (χ0v) is 20.8. The van der Waals surface area contributed by atoms with Crippen LogP contribution in [0.25, 0.3) is 0 Å². The first-order valence-electron chi connectivity index (χ1n) is 9.58. The molecule has 2 heterocycles. The van der Waals surface area contributed by atoms with E-state index in [1.165, 1.54) is 11.3 Å². The summed E-state index contributed by atoms with van der Waals surface area (Å²) < 4.78 is 23.1. The molecular formula is C20H29IN4O2S2. The first-order chi connectivity index (χ1) is 13.5. The fourth-order valence-corrected chi connectivity index (χ4v) is 4.62. The lowest BCUT2D eigenvalue weighted by Gasteiger charge is -2.37. The second-order valence-electron chi connectivity index (χ2n) is 6.83. The number of sulfone groups is 1. The molecule has 0 spiro atoms. The molecule has 1 aliphatic rings. The Hall–Kier alpha value is -1.33. The van der Waals surface area contributed by atoms with Gasteiger partial charge in [0.05, 0.1) is 9.90 Å². The number of anilines is 1. The van der Waals surface area contributed by atoms with Gasteiger partial charge in [0.15, 0.2) is 15.8 Å². The highest BCUT2D eigenvalue weighted by molar-refractivity contribution is 14.0. The van der Waals surface area contributed by atoms with Gasteiger partial charge in [-0.2, -0.15) is 0 Å². The summed E-state index contributed by atoms with van der Waals surface area (Å²) in [5.74, 6) is 0.959. The monoisotopic (exact) mass is 548 g/mol. The number of thiophene rings is 1. The summed E-state index contributed by atoms with van der Waals surface area (Å²) in [6.45, 7) is 7.50. The fourth-order valence-electron chi connectivity index (χ4n) is 3.21. The average Bonchev–Trinajstić information content (AvgIpc) is 3.22. The van der Waals surface area contributed by atoms with Crippen molar-refractivity contribution in [2.75, 3.05) is 50.4 Å². The number of benzene rings is 1. The van der Waals surface area contributed by atoms with Gasteiger partial charge in [-0.1, -0.05) is 12.1 Å². The SMILES string of the molecule is CCNC(=NCCc1ccc(S(C)(=O)=O)cc1)N1CCN(c2cccs2)CC1.I. The molecule has 3 rings (SSSR count). The number of hydrogen-bond acceptors (Lipinski definition) is 5.